The van der Waals surface area contributed by atoms with Crippen molar-refractivity contribution in [2.45, 2.75) is 4.90 Å². The summed E-state index contributed by atoms with van der Waals surface area (Å²) in [5, 5.41) is 1.43. The Morgan fingerprint density at radius 1 is 0.923 bits per heavy atom. The van der Waals surface area contributed by atoms with Crippen LogP contribution >= 0.6 is 0 Å². The molecule has 26 heavy (non-hydrogen) atoms. The number of hydrogen-bond donors (Lipinski definition) is 0. The van der Waals surface area contributed by atoms with Gasteiger partial charge < -0.3 is 9.29 Å². The van der Waals surface area contributed by atoms with E-state index in [1.165, 1.54) is 12.1 Å². The molecule has 0 aromatic heterocycles. The molecule has 0 aliphatic rings. The molecule has 0 aliphatic heterocycles. The molecule has 0 bridgehead atoms. The Hall–Kier alpha value is -2.71. The second-order valence-corrected chi connectivity index (χ2v) is 6.10. The lowest BCUT2D eigenvalue weighted by Crippen LogP contribution is -2.07. The van der Waals surface area contributed by atoms with Gasteiger partial charge in [0.2, 0.25) is 17.4 Å². The summed E-state index contributed by atoms with van der Waals surface area (Å²) in [4.78, 5) is -1.72. The van der Waals surface area contributed by atoms with Gasteiger partial charge in [0.15, 0.2) is 11.6 Å². The van der Waals surface area contributed by atoms with E-state index in [0.29, 0.717) is 5.39 Å². The molecule has 3 rings (SSSR count). The molecule has 0 radical (unpaired) electrons. The molecule has 0 spiro atoms. The monoisotopic (exact) mass is 381 g/mol. The first-order chi connectivity index (χ1) is 12.3. The van der Waals surface area contributed by atoms with Gasteiger partial charge in [0.05, 0.1) is 0 Å². The predicted octanol–water partition coefficient (Wildman–Crippen LogP) is 5.07. The number of ether oxygens (including phenoxy) is 1. The van der Waals surface area contributed by atoms with Gasteiger partial charge in [0.25, 0.3) is 0 Å². The van der Waals surface area contributed by atoms with E-state index in [9.17, 15) is 26.3 Å². The normalized spacial score (nSPS) is 12.2. The minimum absolute atomic E-state index is 0.0866. The van der Waals surface area contributed by atoms with Crippen molar-refractivity contribution in [3.63, 3.8) is 0 Å². The lowest BCUT2D eigenvalue weighted by Gasteiger charge is -2.14. The van der Waals surface area contributed by atoms with Crippen molar-refractivity contribution in [1.29, 1.82) is 0 Å². The minimum Gasteiger partial charge on any atom is -0.768 e. The van der Waals surface area contributed by atoms with Gasteiger partial charge in [-0.25, -0.2) is 8.78 Å². The second kappa shape index (κ2) is 6.89. The van der Waals surface area contributed by atoms with Gasteiger partial charge in [-0.2, -0.15) is 8.78 Å². The highest BCUT2D eigenvalue weighted by atomic mass is 32.2. The van der Waals surface area contributed by atoms with Crippen LogP contribution in [0.15, 0.2) is 47.9 Å². The summed E-state index contributed by atoms with van der Waals surface area (Å²) >= 11 is -3.49. The number of benzene rings is 3. The van der Waals surface area contributed by atoms with Crippen LogP contribution in [0.25, 0.3) is 16.8 Å². The van der Waals surface area contributed by atoms with Crippen molar-refractivity contribution in [2.24, 2.45) is 0 Å². The van der Waals surface area contributed by atoms with E-state index >= 15 is 0 Å². The fourth-order valence-electron chi connectivity index (χ4n) is 2.38. The smallest absolute Gasteiger partial charge is 0.205 e. The maximum atomic E-state index is 14.0. The first-order valence-electron chi connectivity index (χ1n) is 7.12. The SMILES string of the molecule is C=Cc1ccc2cc(Oc3c(F)c(F)c(S(=O)[O-])c(F)c3F)ccc2c1. The van der Waals surface area contributed by atoms with Crippen molar-refractivity contribution in [1.82, 2.24) is 0 Å². The third kappa shape index (κ3) is 3.09. The lowest BCUT2D eigenvalue weighted by molar-refractivity contribution is 0.350. The molecule has 0 saturated carbocycles. The second-order valence-electron chi connectivity index (χ2n) is 5.22. The van der Waals surface area contributed by atoms with E-state index in [4.69, 9.17) is 4.74 Å². The predicted molar refractivity (Wildman–Crippen MR) is 87.6 cm³/mol. The van der Waals surface area contributed by atoms with Gasteiger partial charge in [0.1, 0.15) is 10.6 Å². The van der Waals surface area contributed by atoms with Gasteiger partial charge in [-0.3, -0.25) is 4.21 Å². The van der Waals surface area contributed by atoms with E-state index in [1.807, 2.05) is 6.07 Å². The summed E-state index contributed by atoms with van der Waals surface area (Å²) in [5.74, 6) is -9.43. The number of hydrogen-bond acceptors (Lipinski definition) is 3. The Bertz CT molecular complexity index is 1040. The maximum Gasteiger partial charge on any atom is 0.205 e. The van der Waals surface area contributed by atoms with Gasteiger partial charge in [-0.15, -0.1) is 0 Å². The fraction of sp³-hybridized carbons (Fsp3) is 0. The summed E-state index contributed by atoms with van der Waals surface area (Å²) in [5.41, 5.74) is 0.855. The summed E-state index contributed by atoms with van der Waals surface area (Å²) in [7, 11) is 0. The van der Waals surface area contributed by atoms with Crippen molar-refractivity contribution in [2.75, 3.05) is 0 Å². The number of rotatable bonds is 4. The molecule has 3 aromatic carbocycles. The number of fused-ring (bicyclic) bond motifs is 1. The van der Waals surface area contributed by atoms with Gasteiger partial charge >= 0.3 is 0 Å². The third-order valence-electron chi connectivity index (χ3n) is 3.64. The Kier molecular flexibility index (Phi) is 4.80. The first kappa shape index (κ1) is 18.1. The Balaban J connectivity index is 2.07. The van der Waals surface area contributed by atoms with E-state index in [1.54, 1.807) is 24.3 Å². The molecule has 0 aliphatic carbocycles. The summed E-state index contributed by atoms with van der Waals surface area (Å²) in [6, 6.07) is 9.61. The summed E-state index contributed by atoms with van der Waals surface area (Å²) < 4.78 is 81.9. The molecule has 0 fully saturated rings. The van der Waals surface area contributed by atoms with Crippen LogP contribution in [-0.2, 0) is 11.1 Å². The highest BCUT2D eigenvalue weighted by molar-refractivity contribution is 7.79. The van der Waals surface area contributed by atoms with Crippen molar-refractivity contribution >= 4 is 27.9 Å². The molecule has 0 saturated heterocycles. The highest BCUT2D eigenvalue weighted by Crippen LogP contribution is 2.35. The fourth-order valence-corrected chi connectivity index (χ4v) is 2.85. The Morgan fingerprint density at radius 2 is 1.50 bits per heavy atom. The van der Waals surface area contributed by atoms with Gasteiger partial charge in [-0.1, -0.05) is 30.9 Å². The summed E-state index contributed by atoms with van der Waals surface area (Å²) in [6.45, 7) is 3.64. The molecule has 0 N–H and O–H groups in total. The average molecular weight is 381 g/mol. The molecule has 8 heteroatoms. The zero-order valence-electron chi connectivity index (χ0n) is 12.9. The molecular formula is C18H9F4O3S-. The van der Waals surface area contributed by atoms with E-state index in [-0.39, 0.29) is 5.75 Å². The number of halogens is 4. The standard InChI is InChI=1S/C18H10F4O3S/c1-2-9-3-4-11-8-12(6-5-10(11)7-9)25-17-13(19)15(21)18(26(23)24)16(22)14(17)20/h2-8H,1H2,(H,23,24)/p-1. The van der Waals surface area contributed by atoms with Crippen LogP contribution in [-0.4, -0.2) is 8.76 Å². The average Bonchev–Trinajstić information content (AvgIpc) is 2.63. The summed E-state index contributed by atoms with van der Waals surface area (Å²) in [6.07, 6.45) is 1.64. The largest absolute Gasteiger partial charge is 0.768 e. The van der Waals surface area contributed by atoms with Crippen molar-refractivity contribution in [3.8, 4) is 11.5 Å². The van der Waals surface area contributed by atoms with Crippen LogP contribution in [0.3, 0.4) is 0 Å². The molecule has 1 atom stereocenters. The highest BCUT2D eigenvalue weighted by Gasteiger charge is 2.27. The molecule has 3 nitrogen and oxygen atoms in total. The van der Waals surface area contributed by atoms with Crippen LogP contribution in [0, 0.1) is 23.3 Å². The third-order valence-corrected chi connectivity index (χ3v) is 4.33. The van der Waals surface area contributed by atoms with E-state index in [0.717, 1.165) is 10.9 Å². The molecule has 0 heterocycles. The molecular weight excluding hydrogens is 372 g/mol. The quantitative estimate of drug-likeness (QED) is 0.360. The zero-order chi connectivity index (χ0) is 19.0. The van der Waals surface area contributed by atoms with E-state index < -0.39 is 45.0 Å². The molecule has 1 unspecified atom stereocenters. The van der Waals surface area contributed by atoms with Gasteiger partial charge in [-0.05, 0) is 45.6 Å². The molecule has 3 aromatic rings. The van der Waals surface area contributed by atoms with E-state index in [2.05, 4.69) is 6.58 Å². The lowest BCUT2D eigenvalue weighted by atomic mass is 10.1. The van der Waals surface area contributed by atoms with Crippen LogP contribution in [0.2, 0.25) is 0 Å². The first-order valence-corrected chi connectivity index (χ1v) is 8.20. The van der Waals surface area contributed by atoms with Crippen molar-refractivity contribution < 1.29 is 31.1 Å². The Morgan fingerprint density at radius 3 is 2.08 bits per heavy atom. The molecule has 134 valence electrons. The minimum atomic E-state index is -3.49. The topological polar surface area (TPSA) is 49.4 Å². The molecule has 0 amide bonds. The van der Waals surface area contributed by atoms with Crippen LogP contribution < -0.4 is 4.74 Å². The van der Waals surface area contributed by atoms with Crippen LogP contribution in [0.4, 0.5) is 17.6 Å². The van der Waals surface area contributed by atoms with Crippen LogP contribution in [0.1, 0.15) is 5.56 Å². The Labute approximate surface area is 147 Å². The zero-order valence-corrected chi connectivity index (χ0v) is 13.7. The van der Waals surface area contributed by atoms with Crippen molar-refractivity contribution in [3.05, 3.63) is 71.8 Å². The van der Waals surface area contributed by atoms with Gasteiger partial charge in [0, 0.05) is 0 Å². The maximum absolute atomic E-state index is 14.0. The van der Waals surface area contributed by atoms with Crippen LogP contribution in [0.5, 0.6) is 11.5 Å².